The molecule has 2 heterocycles. The van der Waals surface area contributed by atoms with Crippen LogP contribution in [0.1, 0.15) is 41.2 Å². The zero-order chi connectivity index (χ0) is 16.9. The van der Waals surface area contributed by atoms with E-state index in [-0.39, 0.29) is 24.5 Å². The number of nitrogens with zero attached hydrogens (tertiary/aromatic N) is 2. The van der Waals surface area contributed by atoms with Crippen molar-refractivity contribution in [2.75, 3.05) is 25.0 Å². The van der Waals surface area contributed by atoms with Crippen LogP contribution in [-0.4, -0.2) is 40.6 Å². The fraction of sp³-hybridized carbons (Fsp3) is 0.444. The molecule has 2 unspecified atom stereocenters. The van der Waals surface area contributed by atoms with E-state index in [9.17, 15) is 9.90 Å². The SMILES string of the molecule is CC(Nc1cccc(C(=O)N2CCCC(CO)C2)c1)c1nccs1. The quantitative estimate of drug-likeness (QED) is 0.874. The molecule has 0 saturated carbocycles. The van der Waals surface area contributed by atoms with Gasteiger partial charge >= 0.3 is 0 Å². The molecule has 1 saturated heterocycles. The highest BCUT2D eigenvalue weighted by Gasteiger charge is 2.24. The van der Waals surface area contributed by atoms with Gasteiger partial charge in [-0.1, -0.05) is 6.07 Å². The third-order valence-corrected chi connectivity index (χ3v) is 5.34. The van der Waals surface area contributed by atoms with Gasteiger partial charge in [0.15, 0.2) is 0 Å². The number of thiazole rings is 1. The zero-order valence-corrected chi connectivity index (χ0v) is 14.6. The summed E-state index contributed by atoms with van der Waals surface area (Å²) in [6.07, 6.45) is 3.75. The van der Waals surface area contributed by atoms with E-state index in [4.69, 9.17) is 0 Å². The van der Waals surface area contributed by atoms with Crippen molar-refractivity contribution < 1.29 is 9.90 Å². The lowest BCUT2D eigenvalue weighted by Crippen LogP contribution is -2.40. The molecule has 1 aromatic carbocycles. The van der Waals surface area contributed by atoms with Gasteiger partial charge in [0.05, 0.1) is 6.04 Å². The summed E-state index contributed by atoms with van der Waals surface area (Å²) in [7, 11) is 0. The number of carbonyl (C=O) groups is 1. The molecule has 2 N–H and O–H groups in total. The van der Waals surface area contributed by atoms with Crippen LogP contribution in [0.4, 0.5) is 5.69 Å². The minimum atomic E-state index is 0.0405. The van der Waals surface area contributed by atoms with E-state index in [0.717, 1.165) is 30.1 Å². The normalized spacial score (nSPS) is 19.1. The highest BCUT2D eigenvalue weighted by molar-refractivity contribution is 7.09. The Hall–Kier alpha value is -1.92. The van der Waals surface area contributed by atoms with Gasteiger partial charge in [0.2, 0.25) is 0 Å². The van der Waals surface area contributed by atoms with E-state index >= 15 is 0 Å². The first-order valence-electron chi connectivity index (χ1n) is 8.33. The number of rotatable bonds is 5. The Bertz CT molecular complexity index is 675. The Morgan fingerprint density at radius 1 is 1.54 bits per heavy atom. The second-order valence-electron chi connectivity index (χ2n) is 6.26. The summed E-state index contributed by atoms with van der Waals surface area (Å²) in [5.74, 6) is 0.243. The van der Waals surface area contributed by atoms with Crippen molar-refractivity contribution in [1.29, 1.82) is 0 Å². The number of carbonyl (C=O) groups excluding carboxylic acids is 1. The summed E-state index contributed by atoms with van der Waals surface area (Å²) >= 11 is 1.61. The number of likely N-dealkylation sites (tertiary alicyclic amines) is 1. The van der Waals surface area contributed by atoms with Gasteiger partial charge in [0.25, 0.3) is 5.91 Å². The summed E-state index contributed by atoms with van der Waals surface area (Å²) < 4.78 is 0. The molecule has 5 nitrogen and oxygen atoms in total. The number of aromatic nitrogens is 1. The van der Waals surface area contributed by atoms with Crippen LogP contribution in [0.2, 0.25) is 0 Å². The van der Waals surface area contributed by atoms with E-state index in [1.165, 1.54) is 0 Å². The van der Waals surface area contributed by atoms with E-state index in [0.29, 0.717) is 12.1 Å². The van der Waals surface area contributed by atoms with E-state index in [2.05, 4.69) is 17.2 Å². The largest absolute Gasteiger partial charge is 0.396 e. The Kier molecular flexibility index (Phi) is 5.48. The first-order valence-corrected chi connectivity index (χ1v) is 9.21. The summed E-state index contributed by atoms with van der Waals surface area (Å²) in [5, 5.41) is 15.7. The average Bonchev–Trinajstić information content (AvgIpc) is 3.16. The van der Waals surface area contributed by atoms with E-state index in [1.54, 1.807) is 17.5 Å². The fourth-order valence-corrected chi connectivity index (χ4v) is 3.73. The molecule has 2 aromatic rings. The van der Waals surface area contributed by atoms with Crippen LogP contribution in [-0.2, 0) is 0 Å². The molecular weight excluding hydrogens is 322 g/mol. The lowest BCUT2D eigenvalue weighted by molar-refractivity contribution is 0.0621. The van der Waals surface area contributed by atoms with Gasteiger partial charge in [-0.3, -0.25) is 4.79 Å². The van der Waals surface area contributed by atoms with Gasteiger partial charge in [0, 0.05) is 42.5 Å². The lowest BCUT2D eigenvalue weighted by Gasteiger charge is -2.32. The number of hydrogen-bond acceptors (Lipinski definition) is 5. The molecule has 1 amide bonds. The number of amides is 1. The average molecular weight is 345 g/mol. The van der Waals surface area contributed by atoms with Crippen LogP contribution in [0.5, 0.6) is 0 Å². The topological polar surface area (TPSA) is 65.5 Å². The molecule has 1 aromatic heterocycles. The van der Waals surface area contributed by atoms with Crippen molar-refractivity contribution in [3.63, 3.8) is 0 Å². The number of hydrogen-bond donors (Lipinski definition) is 2. The number of nitrogens with one attached hydrogen (secondary N) is 1. The Morgan fingerprint density at radius 2 is 2.42 bits per heavy atom. The second kappa shape index (κ2) is 7.77. The second-order valence-corrected chi connectivity index (χ2v) is 7.19. The maximum absolute atomic E-state index is 12.7. The van der Waals surface area contributed by atoms with Crippen molar-refractivity contribution in [3.05, 3.63) is 46.4 Å². The lowest BCUT2D eigenvalue weighted by atomic mass is 9.98. The molecule has 0 radical (unpaired) electrons. The minimum absolute atomic E-state index is 0.0405. The summed E-state index contributed by atoms with van der Waals surface area (Å²) in [5.41, 5.74) is 1.60. The molecule has 0 bridgehead atoms. The minimum Gasteiger partial charge on any atom is -0.396 e. The van der Waals surface area contributed by atoms with Crippen LogP contribution in [0.25, 0.3) is 0 Å². The first-order chi connectivity index (χ1) is 11.7. The van der Waals surface area contributed by atoms with Crippen molar-refractivity contribution >= 4 is 22.9 Å². The monoisotopic (exact) mass is 345 g/mol. The molecule has 3 rings (SSSR count). The Morgan fingerprint density at radius 3 is 3.17 bits per heavy atom. The van der Waals surface area contributed by atoms with Crippen LogP contribution in [0.15, 0.2) is 35.8 Å². The predicted octanol–water partition coefficient (Wildman–Crippen LogP) is 3.16. The van der Waals surface area contributed by atoms with Gasteiger partial charge in [-0.15, -0.1) is 11.3 Å². The van der Waals surface area contributed by atoms with Crippen LogP contribution in [0.3, 0.4) is 0 Å². The highest BCUT2D eigenvalue weighted by Crippen LogP contribution is 2.23. The fourth-order valence-electron chi connectivity index (χ4n) is 3.08. The van der Waals surface area contributed by atoms with Gasteiger partial charge < -0.3 is 15.3 Å². The maximum Gasteiger partial charge on any atom is 0.253 e. The molecule has 0 aliphatic carbocycles. The van der Waals surface area contributed by atoms with Crippen molar-refractivity contribution in [3.8, 4) is 0 Å². The van der Waals surface area contributed by atoms with E-state index in [1.807, 2.05) is 34.5 Å². The number of aliphatic hydroxyl groups excluding tert-OH is 1. The van der Waals surface area contributed by atoms with Gasteiger partial charge in [0.1, 0.15) is 5.01 Å². The van der Waals surface area contributed by atoms with Crippen molar-refractivity contribution in [1.82, 2.24) is 9.88 Å². The first kappa shape index (κ1) is 16.9. The molecule has 128 valence electrons. The Labute approximate surface area is 146 Å². The molecule has 6 heteroatoms. The van der Waals surface area contributed by atoms with Crippen LogP contribution in [0, 0.1) is 5.92 Å². The van der Waals surface area contributed by atoms with Crippen molar-refractivity contribution in [2.45, 2.75) is 25.8 Å². The number of piperidine rings is 1. The van der Waals surface area contributed by atoms with Crippen LogP contribution >= 0.6 is 11.3 Å². The van der Waals surface area contributed by atoms with Gasteiger partial charge in [-0.2, -0.15) is 0 Å². The molecule has 1 fully saturated rings. The standard InChI is InChI=1S/C18H23N3O2S/c1-13(17-19-7-9-24-17)20-16-6-2-5-15(10-16)18(23)21-8-3-4-14(11-21)12-22/h2,5-7,9-10,13-14,20,22H,3-4,8,11-12H2,1H3. The number of aliphatic hydroxyl groups is 1. The number of anilines is 1. The summed E-state index contributed by atoms with van der Waals surface area (Å²) in [6, 6.07) is 7.72. The highest BCUT2D eigenvalue weighted by atomic mass is 32.1. The van der Waals surface area contributed by atoms with Gasteiger partial charge in [-0.05, 0) is 43.9 Å². The van der Waals surface area contributed by atoms with Crippen molar-refractivity contribution in [2.24, 2.45) is 5.92 Å². The Balaban J connectivity index is 1.69. The molecule has 1 aliphatic heterocycles. The zero-order valence-electron chi connectivity index (χ0n) is 13.8. The summed E-state index contributed by atoms with van der Waals surface area (Å²) in [6.45, 7) is 3.62. The third kappa shape index (κ3) is 3.94. The molecular formula is C18H23N3O2S. The molecule has 0 spiro atoms. The van der Waals surface area contributed by atoms with Crippen LogP contribution < -0.4 is 5.32 Å². The molecule has 1 aliphatic rings. The summed E-state index contributed by atoms with van der Waals surface area (Å²) in [4.78, 5) is 18.9. The predicted molar refractivity (Wildman–Crippen MR) is 96.3 cm³/mol. The third-order valence-electron chi connectivity index (χ3n) is 4.38. The number of benzene rings is 1. The smallest absolute Gasteiger partial charge is 0.253 e. The molecule has 24 heavy (non-hydrogen) atoms. The van der Waals surface area contributed by atoms with E-state index < -0.39 is 0 Å². The maximum atomic E-state index is 12.7. The van der Waals surface area contributed by atoms with Gasteiger partial charge in [-0.25, -0.2) is 4.98 Å². The molecule has 2 atom stereocenters.